The molecule has 0 saturated carbocycles. The van der Waals surface area contributed by atoms with E-state index in [0.29, 0.717) is 19.6 Å². The Morgan fingerprint density at radius 3 is 2.82 bits per heavy atom. The third-order valence-electron chi connectivity index (χ3n) is 3.23. The summed E-state index contributed by atoms with van der Waals surface area (Å²) in [5, 5.41) is 9.09. The molecule has 17 heavy (non-hydrogen) atoms. The average molecular weight is 244 g/mol. The van der Waals surface area contributed by atoms with E-state index < -0.39 is 5.54 Å². The molecule has 5 nitrogen and oxygen atoms in total. The number of aliphatic hydroxyl groups is 1. The van der Waals surface area contributed by atoms with E-state index in [-0.39, 0.29) is 24.7 Å². The summed E-state index contributed by atoms with van der Waals surface area (Å²) in [5.41, 5.74) is 5.24. The van der Waals surface area contributed by atoms with Crippen LogP contribution in [-0.2, 0) is 9.53 Å². The highest BCUT2D eigenvalue weighted by Gasteiger charge is 2.37. The number of hydrogen-bond acceptors (Lipinski definition) is 4. The predicted molar refractivity (Wildman–Crippen MR) is 65.5 cm³/mol. The van der Waals surface area contributed by atoms with Crippen molar-refractivity contribution in [3.8, 4) is 0 Å². The molecule has 3 unspecified atom stereocenters. The Hall–Kier alpha value is -0.650. The number of morpholine rings is 1. The highest BCUT2D eigenvalue weighted by Crippen LogP contribution is 2.19. The molecule has 0 aromatic heterocycles. The smallest absolute Gasteiger partial charge is 0.242 e. The van der Waals surface area contributed by atoms with Crippen LogP contribution in [-0.4, -0.2) is 53.4 Å². The van der Waals surface area contributed by atoms with Crippen LogP contribution < -0.4 is 5.73 Å². The normalized spacial score (nSPS) is 28.9. The van der Waals surface area contributed by atoms with E-state index in [1.54, 1.807) is 11.8 Å². The van der Waals surface area contributed by atoms with E-state index in [1.807, 2.05) is 13.8 Å². The van der Waals surface area contributed by atoms with E-state index in [1.165, 1.54) is 0 Å². The molecule has 5 heteroatoms. The molecule has 3 atom stereocenters. The van der Waals surface area contributed by atoms with E-state index in [2.05, 4.69) is 0 Å². The quantitative estimate of drug-likeness (QED) is 0.736. The summed E-state index contributed by atoms with van der Waals surface area (Å²) in [6.07, 6.45) is 1.26. The molecule has 0 aromatic carbocycles. The minimum Gasteiger partial charge on any atom is -0.394 e. The van der Waals surface area contributed by atoms with Gasteiger partial charge in [-0.15, -0.1) is 0 Å². The SMILES string of the molecule is CCCC(C)(N)C(=O)N1CC(CO)OCC1C. The number of hydrogen-bond donors (Lipinski definition) is 2. The second-order valence-corrected chi connectivity index (χ2v) is 5.11. The third-order valence-corrected chi connectivity index (χ3v) is 3.23. The van der Waals surface area contributed by atoms with E-state index in [9.17, 15) is 4.79 Å². The Labute approximate surface area is 103 Å². The van der Waals surface area contributed by atoms with Crippen LogP contribution in [0.25, 0.3) is 0 Å². The molecule has 1 saturated heterocycles. The predicted octanol–water partition coefficient (Wildman–Crippen LogP) is 0.112. The number of rotatable bonds is 4. The molecular formula is C12H24N2O3. The van der Waals surface area contributed by atoms with E-state index in [0.717, 1.165) is 6.42 Å². The molecule has 1 heterocycles. The standard InChI is InChI=1S/C12H24N2O3/c1-4-5-12(3,13)11(16)14-6-10(7-15)17-8-9(14)2/h9-10,15H,4-8,13H2,1-3H3. The molecule has 1 rings (SSSR count). The van der Waals surface area contributed by atoms with Crippen LogP contribution in [0.2, 0.25) is 0 Å². The Bertz CT molecular complexity index is 268. The lowest BCUT2D eigenvalue weighted by Gasteiger charge is -2.41. The zero-order valence-electron chi connectivity index (χ0n) is 11.0. The zero-order chi connectivity index (χ0) is 13.1. The molecule has 0 radical (unpaired) electrons. The molecule has 1 amide bonds. The molecule has 1 aliphatic heterocycles. The molecule has 1 fully saturated rings. The summed E-state index contributed by atoms with van der Waals surface area (Å²) in [6.45, 7) is 6.54. The van der Waals surface area contributed by atoms with Gasteiger partial charge in [0.1, 0.15) is 0 Å². The van der Waals surface area contributed by atoms with E-state index >= 15 is 0 Å². The third kappa shape index (κ3) is 3.40. The van der Waals surface area contributed by atoms with Crippen LogP contribution >= 0.6 is 0 Å². The van der Waals surface area contributed by atoms with Crippen molar-refractivity contribution in [2.75, 3.05) is 19.8 Å². The number of ether oxygens (including phenoxy) is 1. The molecular weight excluding hydrogens is 220 g/mol. The minimum atomic E-state index is -0.819. The van der Waals surface area contributed by atoms with E-state index in [4.69, 9.17) is 15.6 Å². The van der Waals surface area contributed by atoms with Crippen LogP contribution in [0.1, 0.15) is 33.6 Å². The fraction of sp³-hybridized carbons (Fsp3) is 0.917. The Kier molecular flexibility index (Phi) is 4.91. The van der Waals surface area contributed by atoms with Crippen molar-refractivity contribution < 1.29 is 14.6 Å². The number of amides is 1. The fourth-order valence-corrected chi connectivity index (χ4v) is 2.17. The van der Waals surface area contributed by atoms with Crippen molar-refractivity contribution in [1.29, 1.82) is 0 Å². The van der Waals surface area contributed by atoms with Crippen molar-refractivity contribution in [2.24, 2.45) is 5.73 Å². The fourth-order valence-electron chi connectivity index (χ4n) is 2.17. The molecule has 1 aliphatic rings. The van der Waals surface area contributed by atoms with Crippen LogP contribution in [0, 0.1) is 0 Å². The monoisotopic (exact) mass is 244 g/mol. The number of nitrogens with two attached hydrogens (primary N) is 1. The van der Waals surface area contributed by atoms with Gasteiger partial charge in [-0.2, -0.15) is 0 Å². The Balaban J connectivity index is 2.72. The maximum atomic E-state index is 12.3. The van der Waals surface area contributed by atoms with Crippen LogP contribution in [0.3, 0.4) is 0 Å². The number of nitrogens with zero attached hydrogens (tertiary/aromatic N) is 1. The van der Waals surface area contributed by atoms with Gasteiger partial charge >= 0.3 is 0 Å². The summed E-state index contributed by atoms with van der Waals surface area (Å²) in [5.74, 6) is -0.0476. The largest absolute Gasteiger partial charge is 0.394 e. The van der Waals surface area contributed by atoms with Gasteiger partial charge < -0.3 is 20.5 Å². The van der Waals surface area contributed by atoms with Gasteiger partial charge in [0.05, 0.1) is 30.9 Å². The first-order chi connectivity index (χ1) is 7.92. The van der Waals surface area contributed by atoms with Gasteiger partial charge in [-0.05, 0) is 20.3 Å². The van der Waals surface area contributed by atoms with Crippen molar-refractivity contribution >= 4 is 5.91 Å². The Morgan fingerprint density at radius 2 is 2.29 bits per heavy atom. The van der Waals surface area contributed by atoms with Crippen molar-refractivity contribution in [3.05, 3.63) is 0 Å². The molecule has 3 N–H and O–H groups in total. The van der Waals surface area contributed by atoms with Crippen molar-refractivity contribution in [3.63, 3.8) is 0 Å². The van der Waals surface area contributed by atoms with Crippen LogP contribution in [0.15, 0.2) is 0 Å². The summed E-state index contributed by atoms with van der Waals surface area (Å²) >= 11 is 0. The topological polar surface area (TPSA) is 75.8 Å². The van der Waals surface area contributed by atoms with Crippen molar-refractivity contribution in [1.82, 2.24) is 4.90 Å². The van der Waals surface area contributed by atoms with Gasteiger partial charge in [0.15, 0.2) is 0 Å². The zero-order valence-corrected chi connectivity index (χ0v) is 11.0. The summed E-state index contributed by atoms with van der Waals surface area (Å²) < 4.78 is 5.41. The lowest BCUT2D eigenvalue weighted by atomic mass is 9.94. The maximum Gasteiger partial charge on any atom is 0.242 e. The number of aliphatic hydroxyl groups excluding tert-OH is 1. The average Bonchev–Trinajstić information content (AvgIpc) is 2.28. The first-order valence-corrected chi connectivity index (χ1v) is 6.24. The molecule has 0 aromatic rings. The van der Waals surface area contributed by atoms with Gasteiger partial charge in [-0.1, -0.05) is 13.3 Å². The molecule has 0 spiro atoms. The lowest BCUT2D eigenvalue weighted by Crippen LogP contribution is -2.60. The highest BCUT2D eigenvalue weighted by molar-refractivity contribution is 5.86. The summed E-state index contributed by atoms with van der Waals surface area (Å²) in [7, 11) is 0. The molecule has 0 aliphatic carbocycles. The second kappa shape index (κ2) is 5.80. The number of carbonyl (C=O) groups excluding carboxylic acids is 1. The first kappa shape index (κ1) is 14.4. The second-order valence-electron chi connectivity index (χ2n) is 5.11. The summed E-state index contributed by atoms with van der Waals surface area (Å²) in [4.78, 5) is 14.1. The highest BCUT2D eigenvalue weighted by atomic mass is 16.5. The minimum absolute atomic E-state index is 0.0185. The lowest BCUT2D eigenvalue weighted by molar-refractivity contribution is -0.151. The van der Waals surface area contributed by atoms with Gasteiger partial charge in [0.2, 0.25) is 5.91 Å². The molecule has 100 valence electrons. The van der Waals surface area contributed by atoms with Gasteiger partial charge in [0.25, 0.3) is 0 Å². The maximum absolute atomic E-state index is 12.3. The number of carbonyl (C=O) groups is 1. The first-order valence-electron chi connectivity index (χ1n) is 6.24. The van der Waals surface area contributed by atoms with Crippen molar-refractivity contribution in [2.45, 2.75) is 51.3 Å². The van der Waals surface area contributed by atoms with Crippen LogP contribution in [0.4, 0.5) is 0 Å². The van der Waals surface area contributed by atoms with Gasteiger partial charge in [-0.3, -0.25) is 4.79 Å². The van der Waals surface area contributed by atoms with Gasteiger partial charge in [-0.25, -0.2) is 0 Å². The van der Waals surface area contributed by atoms with Crippen LogP contribution in [0.5, 0.6) is 0 Å². The molecule has 0 bridgehead atoms. The summed E-state index contributed by atoms with van der Waals surface area (Å²) in [6, 6.07) is 0.0185. The van der Waals surface area contributed by atoms with Gasteiger partial charge in [0, 0.05) is 6.54 Å². The Morgan fingerprint density at radius 1 is 1.65 bits per heavy atom.